The average Bonchev–Trinajstić information content (AvgIpc) is 2.47. The third-order valence-corrected chi connectivity index (χ3v) is 3.94. The Kier molecular flexibility index (Phi) is 3.45. The van der Waals surface area contributed by atoms with E-state index in [0.717, 1.165) is 0 Å². The zero-order chi connectivity index (χ0) is 13.6. The average molecular weight is 270 g/mol. The lowest BCUT2D eigenvalue weighted by atomic mass is 9.80. The Morgan fingerprint density at radius 1 is 1.28 bits per heavy atom. The zero-order valence-corrected chi connectivity index (χ0v) is 11.8. The third-order valence-electron chi connectivity index (χ3n) is 3.61. The van der Waals surface area contributed by atoms with E-state index < -0.39 is 18.3 Å². The van der Waals surface area contributed by atoms with Gasteiger partial charge in [-0.1, -0.05) is 11.6 Å². The van der Waals surface area contributed by atoms with Crippen LogP contribution in [-0.4, -0.2) is 28.4 Å². The molecule has 0 bridgehead atoms. The van der Waals surface area contributed by atoms with Crippen molar-refractivity contribution in [2.24, 2.45) is 0 Å². The maximum atomic E-state index is 9.00. The lowest BCUT2D eigenvalue weighted by Gasteiger charge is -2.32. The van der Waals surface area contributed by atoms with Crippen LogP contribution in [0.25, 0.3) is 0 Å². The maximum absolute atomic E-state index is 9.00. The van der Waals surface area contributed by atoms with Gasteiger partial charge in [0.25, 0.3) is 0 Å². The third kappa shape index (κ3) is 2.28. The number of pyridine rings is 1. The molecule has 2 heterocycles. The Morgan fingerprint density at radius 3 is 2.28 bits per heavy atom. The van der Waals surface area contributed by atoms with Gasteiger partial charge < -0.3 is 14.4 Å². The molecule has 0 atom stereocenters. The van der Waals surface area contributed by atoms with Crippen LogP contribution in [-0.2, 0) is 15.9 Å². The largest absolute Gasteiger partial charge is 0.497 e. The fourth-order valence-corrected chi connectivity index (χ4v) is 1.97. The van der Waals surface area contributed by atoms with Crippen molar-refractivity contribution >= 4 is 24.2 Å². The first-order valence-electron chi connectivity index (χ1n) is 5.87. The van der Waals surface area contributed by atoms with Crippen molar-refractivity contribution in [2.45, 2.75) is 45.5 Å². The molecule has 98 valence electrons. The summed E-state index contributed by atoms with van der Waals surface area (Å²) in [4.78, 5) is 4.10. The van der Waals surface area contributed by atoms with Crippen LogP contribution in [0.3, 0.4) is 0 Å². The van der Waals surface area contributed by atoms with Crippen LogP contribution in [0.4, 0.5) is 0 Å². The molecule has 0 amide bonds. The molecule has 4 nitrogen and oxygen atoms in total. The number of hydrogen-bond donors (Lipinski definition) is 1. The minimum absolute atomic E-state index is 0.136. The van der Waals surface area contributed by atoms with Crippen LogP contribution in [0.15, 0.2) is 12.3 Å². The quantitative estimate of drug-likeness (QED) is 0.827. The van der Waals surface area contributed by atoms with Gasteiger partial charge in [-0.3, -0.25) is 4.98 Å². The molecule has 0 aliphatic carbocycles. The van der Waals surface area contributed by atoms with Crippen LogP contribution in [0.1, 0.15) is 33.4 Å². The highest BCUT2D eigenvalue weighted by Gasteiger charge is 2.52. The first kappa shape index (κ1) is 13.8. The van der Waals surface area contributed by atoms with Crippen LogP contribution in [0, 0.1) is 0 Å². The second kappa shape index (κ2) is 4.49. The van der Waals surface area contributed by atoms with Gasteiger partial charge in [0, 0.05) is 16.7 Å². The van der Waals surface area contributed by atoms with E-state index in [0.29, 0.717) is 16.2 Å². The number of halogens is 1. The summed E-state index contributed by atoms with van der Waals surface area (Å²) in [5.74, 6) is 0. The monoisotopic (exact) mass is 269 g/mol. The summed E-state index contributed by atoms with van der Waals surface area (Å²) in [6.07, 6.45) is 1.59. The SMILES string of the molecule is CC1(C)OB(c2cnc(CO)cc2Cl)OC1(C)C. The van der Waals surface area contributed by atoms with E-state index in [2.05, 4.69) is 4.98 Å². The van der Waals surface area contributed by atoms with E-state index in [1.54, 1.807) is 12.3 Å². The molecule has 1 aromatic heterocycles. The van der Waals surface area contributed by atoms with Gasteiger partial charge in [0.2, 0.25) is 0 Å². The summed E-state index contributed by atoms with van der Waals surface area (Å²) >= 11 is 6.16. The molecule has 0 aromatic carbocycles. The molecule has 1 saturated heterocycles. The number of aliphatic hydroxyl groups is 1. The molecular weight excluding hydrogens is 252 g/mol. The predicted octanol–water partition coefficient (Wildman–Crippen LogP) is 1.53. The topological polar surface area (TPSA) is 51.6 Å². The highest BCUT2D eigenvalue weighted by atomic mass is 35.5. The molecule has 1 fully saturated rings. The number of aliphatic hydroxyl groups excluding tert-OH is 1. The Balaban J connectivity index is 2.30. The standard InChI is InChI=1S/C12H17BClNO3/c1-11(2)12(3,4)18-13(17-11)9-6-15-8(7-16)5-10(9)14/h5-6,16H,7H2,1-4H3. The van der Waals surface area contributed by atoms with E-state index in [1.165, 1.54) is 0 Å². The minimum Gasteiger partial charge on any atom is -0.399 e. The fourth-order valence-electron chi connectivity index (χ4n) is 1.71. The van der Waals surface area contributed by atoms with E-state index >= 15 is 0 Å². The van der Waals surface area contributed by atoms with E-state index in [1.807, 2.05) is 27.7 Å². The van der Waals surface area contributed by atoms with E-state index in [-0.39, 0.29) is 6.61 Å². The summed E-state index contributed by atoms with van der Waals surface area (Å²) in [6, 6.07) is 1.63. The van der Waals surface area contributed by atoms with Crippen LogP contribution >= 0.6 is 11.6 Å². The van der Waals surface area contributed by atoms with Gasteiger partial charge in [0.05, 0.1) is 23.5 Å². The summed E-state index contributed by atoms with van der Waals surface area (Å²) in [5.41, 5.74) is 0.403. The van der Waals surface area contributed by atoms with Crippen LogP contribution < -0.4 is 5.46 Å². The number of aromatic nitrogens is 1. The van der Waals surface area contributed by atoms with Crippen LogP contribution in [0.5, 0.6) is 0 Å². The first-order valence-corrected chi connectivity index (χ1v) is 6.25. The first-order chi connectivity index (χ1) is 8.27. The Bertz CT molecular complexity index is 449. The lowest BCUT2D eigenvalue weighted by molar-refractivity contribution is 0.00578. The van der Waals surface area contributed by atoms with Gasteiger partial charge in [0.1, 0.15) is 0 Å². The van der Waals surface area contributed by atoms with E-state index in [4.69, 9.17) is 26.0 Å². The van der Waals surface area contributed by atoms with Crippen molar-refractivity contribution in [2.75, 3.05) is 0 Å². The highest BCUT2D eigenvalue weighted by molar-refractivity contribution is 6.65. The molecule has 2 rings (SSSR count). The Labute approximate surface area is 112 Å². The molecule has 1 N–H and O–H groups in total. The lowest BCUT2D eigenvalue weighted by Crippen LogP contribution is -2.41. The van der Waals surface area contributed by atoms with Crippen molar-refractivity contribution in [3.05, 3.63) is 23.0 Å². The van der Waals surface area contributed by atoms with Gasteiger partial charge in [0.15, 0.2) is 0 Å². The Hall–Kier alpha value is -0.615. The second-order valence-electron chi connectivity index (χ2n) is 5.44. The van der Waals surface area contributed by atoms with E-state index in [9.17, 15) is 0 Å². The number of nitrogens with zero attached hydrogens (tertiary/aromatic N) is 1. The van der Waals surface area contributed by atoms with Crippen molar-refractivity contribution in [1.29, 1.82) is 0 Å². The minimum atomic E-state index is -0.525. The summed E-state index contributed by atoms with van der Waals surface area (Å²) in [5, 5.41) is 9.49. The number of rotatable bonds is 2. The molecule has 0 saturated carbocycles. The van der Waals surface area contributed by atoms with Crippen LogP contribution in [0.2, 0.25) is 5.02 Å². The molecule has 0 radical (unpaired) electrons. The van der Waals surface area contributed by atoms with Gasteiger partial charge in [-0.25, -0.2) is 0 Å². The fraction of sp³-hybridized carbons (Fsp3) is 0.583. The molecule has 6 heteroatoms. The second-order valence-corrected chi connectivity index (χ2v) is 5.85. The molecule has 18 heavy (non-hydrogen) atoms. The van der Waals surface area contributed by atoms with Gasteiger partial charge in [-0.2, -0.15) is 0 Å². The van der Waals surface area contributed by atoms with Crippen molar-refractivity contribution in [3.63, 3.8) is 0 Å². The number of hydrogen-bond acceptors (Lipinski definition) is 4. The van der Waals surface area contributed by atoms with Gasteiger partial charge in [-0.05, 0) is 33.8 Å². The van der Waals surface area contributed by atoms with Crippen molar-refractivity contribution in [3.8, 4) is 0 Å². The summed E-state index contributed by atoms with van der Waals surface area (Å²) < 4.78 is 11.8. The molecule has 1 aliphatic heterocycles. The molecule has 1 aliphatic rings. The smallest absolute Gasteiger partial charge is 0.399 e. The normalized spacial score (nSPS) is 21.3. The Morgan fingerprint density at radius 2 is 1.83 bits per heavy atom. The molecule has 0 unspecified atom stereocenters. The molecule has 0 spiro atoms. The molecule has 1 aromatic rings. The summed E-state index contributed by atoms with van der Waals surface area (Å²) in [6.45, 7) is 7.79. The zero-order valence-electron chi connectivity index (χ0n) is 11.0. The predicted molar refractivity (Wildman–Crippen MR) is 70.9 cm³/mol. The highest BCUT2D eigenvalue weighted by Crippen LogP contribution is 2.36. The molecular formula is C12H17BClNO3. The van der Waals surface area contributed by atoms with Crippen molar-refractivity contribution < 1.29 is 14.4 Å². The maximum Gasteiger partial charge on any atom is 0.497 e. The van der Waals surface area contributed by atoms with Gasteiger partial charge >= 0.3 is 7.12 Å². The van der Waals surface area contributed by atoms with Gasteiger partial charge in [-0.15, -0.1) is 0 Å². The summed E-state index contributed by atoms with van der Waals surface area (Å²) in [7, 11) is -0.525. The van der Waals surface area contributed by atoms with Crippen molar-refractivity contribution in [1.82, 2.24) is 4.98 Å².